The van der Waals surface area contributed by atoms with Crippen molar-refractivity contribution in [1.82, 2.24) is 0 Å². The largest absolute Gasteiger partial charge is 0.463 e. The van der Waals surface area contributed by atoms with Gasteiger partial charge in [0.25, 0.3) is 0 Å². The van der Waals surface area contributed by atoms with Gasteiger partial charge in [-0.05, 0) is 12.8 Å². The van der Waals surface area contributed by atoms with E-state index in [-0.39, 0.29) is 6.61 Å². The molecule has 0 fully saturated rings. The number of unbranched alkanes of at least 4 members (excludes halogenated alkanes) is 1. The summed E-state index contributed by atoms with van der Waals surface area (Å²) in [7, 11) is 1.61. The Labute approximate surface area is 89.0 Å². The second-order valence-corrected chi connectivity index (χ2v) is 2.73. The zero-order valence-electron chi connectivity index (χ0n) is 8.86. The van der Waals surface area contributed by atoms with Crippen LogP contribution in [0.3, 0.4) is 0 Å². The van der Waals surface area contributed by atoms with Crippen LogP contribution in [-0.4, -0.2) is 38.9 Å². The molecule has 0 atom stereocenters. The Morgan fingerprint density at radius 3 is 2.47 bits per heavy atom. The summed E-state index contributed by atoms with van der Waals surface area (Å²) in [5.41, 5.74) is 0. The zero-order chi connectivity index (χ0) is 11.5. The van der Waals surface area contributed by atoms with Gasteiger partial charge in [0.2, 0.25) is 0 Å². The van der Waals surface area contributed by atoms with Gasteiger partial charge in [0, 0.05) is 19.8 Å². The first-order chi connectivity index (χ1) is 7.20. The molecule has 5 nitrogen and oxygen atoms in total. The molecule has 0 radical (unpaired) electrons. The minimum Gasteiger partial charge on any atom is -0.463 e. The van der Waals surface area contributed by atoms with Crippen molar-refractivity contribution in [2.24, 2.45) is 0 Å². The number of carbonyl (C=O) groups is 2. The summed E-state index contributed by atoms with van der Waals surface area (Å²) >= 11 is 0. The van der Waals surface area contributed by atoms with Crippen LogP contribution in [0.5, 0.6) is 0 Å². The van der Waals surface area contributed by atoms with Crippen LogP contribution in [0.25, 0.3) is 0 Å². The Hall–Kier alpha value is -1.36. The Balaban J connectivity index is 3.33. The van der Waals surface area contributed by atoms with Crippen LogP contribution < -0.4 is 0 Å². The molecule has 0 aromatic carbocycles. The Bertz CT molecular complexity index is 212. The fraction of sp³-hybridized carbons (Fsp3) is 0.600. The molecule has 0 amide bonds. The number of methoxy groups -OCH3 is 1. The average Bonchev–Trinajstić information content (AvgIpc) is 2.25. The molecule has 0 unspecified atom stereocenters. The summed E-state index contributed by atoms with van der Waals surface area (Å²) in [4.78, 5) is 21.5. The van der Waals surface area contributed by atoms with Crippen molar-refractivity contribution in [2.75, 3.05) is 26.9 Å². The zero-order valence-corrected chi connectivity index (χ0v) is 8.86. The van der Waals surface area contributed by atoms with Gasteiger partial charge in [0.15, 0.2) is 6.61 Å². The molecule has 0 saturated carbocycles. The van der Waals surface area contributed by atoms with E-state index in [1.807, 2.05) is 0 Å². The van der Waals surface area contributed by atoms with E-state index in [2.05, 4.69) is 11.3 Å². The molecule has 0 spiro atoms. The smallest absolute Gasteiger partial charge is 0.344 e. The number of carbonyl (C=O) groups excluding carboxylic acids is 2. The van der Waals surface area contributed by atoms with Crippen LogP contribution >= 0.6 is 0 Å². The van der Waals surface area contributed by atoms with E-state index in [0.717, 1.165) is 18.9 Å². The summed E-state index contributed by atoms with van der Waals surface area (Å²) in [6, 6.07) is 0. The van der Waals surface area contributed by atoms with Crippen molar-refractivity contribution in [3.8, 4) is 0 Å². The molecule has 0 aliphatic heterocycles. The standard InChI is InChI=1S/C10H16O5/c1-3-9(11)15-8-10(12)14-7-5-4-6-13-2/h3H,1,4-8H2,2H3. The molecule has 15 heavy (non-hydrogen) atoms. The number of rotatable bonds is 8. The van der Waals surface area contributed by atoms with Crippen molar-refractivity contribution >= 4 is 11.9 Å². The van der Waals surface area contributed by atoms with Crippen LogP contribution in [0.4, 0.5) is 0 Å². The van der Waals surface area contributed by atoms with E-state index in [9.17, 15) is 9.59 Å². The predicted molar refractivity (Wildman–Crippen MR) is 53.2 cm³/mol. The first kappa shape index (κ1) is 13.6. The first-order valence-corrected chi connectivity index (χ1v) is 4.64. The summed E-state index contributed by atoms with van der Waals surface area (Å²) in [6.45, 7) is 3.78. The van der Waals surface area contributed by atoms with Crippen molar-refractivity contribution < 1.29 is 23.8 Å². The SMILES string of the molecule is C=CC(=O)OCC(=O)OCCCCOC. The van der Waals surface area contributed by atoms with Gasteiger partial charge in [-0.2, -0.15) is 0 Å². The maximum Gasteiger partial charge on any atom is 0.344 e. The Morgan fingerprint density at radius 1 is 1.20 bits per heavy atom. The van der Waals surface area contributed by atoms with Crippen molar-refractivity contribution in [2.45, 2.75) is 12.8 Å². The second kappa shape index (κ2) is 9.21. The topological polar surface area (TPSA) is 61.8 Å². The molecule has 0 saturated heterocycles. The lowest BCUT2D eigenvalue weighted by atomic mass is 10.3. The molecule has 0 aromatic heterocycles. The lowest BCUT2D eigenvalue weighted by molar-refractivity contribution is -0.156. The molecule has 0 aromatic rings. The van der Waals surface area contributed by atoms with Gasteiger partial charge in [-0.25, -0.2) is 9.59 Å². The van der Waals surface area contributed by atoms with Crippen LogP contribution in [-0.2, 0) is 23.8 Å². The van der Waals surface area contributed by atoms with Gasteiger partial charge in [0.05, 0.1) is 6.61 Å². The third-order valence-electron chi connectivity index (χ3n) is 1.50. The van der Waals surface area contributed by atoms with Crippen molar-refractivity contribution in [1.29, 1.82) is 0 Å². The fourth-order valence-electron chi connectivity index (χ4n) is 0.765. The highest BCUT2D eigenvalue weighted by atomic mass is 16.6. The molecular formula is C10H16O5. The van der Waals surface area contributed by atoms with E-state index < -0.39 is 11.9 Å². The second-order valence-electron chi connectivity index (χ2n) is 2.73. The van der Waals surface area contributed by atoms with Gasteiger partial charge < -0.3 is 14.2 Å². The molecule has 5 heteroatoms. The summed E-state index contributed by atoms with van der Waals surface area (Å²) in [6.07, 6.45) is 2.55. The molecule has 0 heterocycles. The van der Waals surface area contributed by atoms with E-state index in [0.29, 0.717) is 13.2 Å². The molecule has 0 aliphatic rings. The van der Waals surface area contributed by atoms with E-state index >= 15 is 0 Å². The minimum absolute atomic E-state index is 0.313. The molecule has 0 N–H and O–H groups in total. The molecule has 0 rings (SSSR count). The maximum atomic E-state index is 10.9. The molecule has 0 aliphatic carbocycles. The minimum atomic E-state index is -0.633. The summed E-state index contributed by atoms with van der Waals surface area (Å²) in [5.74, 6) is -1.19. The molecule has 86 valence electrons. The maximum absolute atomic E-state index is 10.9. The molecular weight excluding hydrogens is 200 g/mol. The van der Waals surface area contributed by atoms with E-state index in [1.165, 1.54) is 0 Å². The van der Waals surface area contributed by atoms with Crippen LogP contribution in [0.2, 0.25) is 0 Å². The van der Waals surface area contributed by atoms with Crippen LogP contribution in [0, 0.1) is 0 Å². The van der Waals surface area contributed by atoms with Crippen LogP contribution in [0.1, 0.15) is 12.8 Å². The lowest BCUT2D eigenvalue weighted by Crippen LogP contribution is -2.15. The van der Waals surface area contributed by atoms with Crippen molar-refractivity contribution in [3.63, 3.8) is 0 Å². The number of ether oxygens (including phenoxy) is 3. The third kappa shape index (κ3) is 8.96. The summed E-state index contributed by atoms with van der Waals surface area (Å²) in [5, 5.41) is 0. The number of hydrogen-bond acceptors (Lipinski definition) is 5. The monoisotopic (exact) mass is 216 g/mol. The van der Waals surface area contributed by atoms with Gasteiger partial charge in [-0.15, -0.1) is 0 Å². The van der Waals surface area contributed by atoms with Crippen LogP contribution in [0.15, 0.2) is 12.7 Å². The highest BCUT2D eigenvalue weighted by Crippen LogP contribution is 1.92. The highest BCUT2D eigenvalue weighted by molar-refractivity contribution is 5.83. The Morgan fingerprint density at radius 2 is 1.87 bits per heavy atom. The first-order valence-electron chi connectivity index (χ1n) is 4.64. The molecule has 0 bridgehead atoms. The highest BCUT2D eigenvalue weighted by Gasteiger charge is 2.05. The fourth-order valence-corrected chi connectivity index (χ4v) is 0.765. The predicted octanol–water partition coefficient (Wildman–Crippen LogP) is 0.685. The summed E-state index contributed by atoms with van der Waals surface area (Å²) < 4.78 is 14.1. The van der Waals surface area contributed by atoms with Gasteiger partial charge in [0.1, 0.15) is 0 Å². The number of hydrogen-bond donors (Lipinski definition) is 0. The van der Waals surface area contributed by atoms with Gasteiger partial charge in [-0.3, -0.25) is 0 Å². The van der Waals surface area contributed by atoms with Crippen molar-refractivity contribution in [3.05, 3.63) is 12.7 Å². The normalized spacial score (nSPS) is 9.40. The third-order valence-corrected chi connectivity index (χ3v) is 1.50. The quantitative estimate of drug-likeness (QED) is 0.339. The van der Waals surface area contributed by atoms with Gasteiger partial charge in [-0.1, -0.05) is 6.58 Å². The Kier molecular flexibility index (Phi) is 8.37. The van der Waals surface area contributed by atoms with Gasteiger partial charge >= 0.3 is 11.9 Å². The van der Waals surface area contributed by atoms with E-state index in [1.54, 1.807) is 7.11 Å². The number of esters is 2. The average molecular weight is 216 g/mol. The lowest BCUT2D eigenvalue weighted by Gasteiger charge is -2.04. The van der Waals surface area contributed by atoms with E-state index in [4.69, 9.17) is 9.47 Å².